The van der Waals surface area contributed by atoms with Crippen LogP contribution >= 0.6 is 0 Å². The summed E-state index contributed by atoms with van der Waals surface area (Å²) in [7, 11) is 0. The molecule has 0 aromatic carbocycles. The minimum Gasteiger partial charge on any atom is -0.610 e. The molecule has 0 bridgehead atoms. The minimum absolute atomic E-state index is 0.192. The Morgan fingerprint density at radius 1 is 1.33 bits per heavy atom. The van der Waals surface area contributed by atoms with Gasteiger partial charge in [-0.05, 0) is 0 Å². The predicted molar refractivity (Wildman–Crippen MR) is 40.6 cm³/mol. The van der Waals surface area contributed by atoms with Gasteiger partial charge in [0.15, 0.2) is 0 Å². The molecule has 0 N–H and O–H groups in total. The highest BCUT2D eigenvalue weighted by Crippen LogP contribution is 2.40. The monoisotopic (exact) mass is 166 g/mol. The van der Waals surface area contributed by atoms with Crippen LogP contribution in [0.3, 0.4) is 0 Å². The Hall–Kier alpha value is -1.39. The van der Waals surface area contributed by atoms with Crippen LogP contribution in [0.2, 0.25) is 0 Å². The summed E-state index contributed by atoms with van der Waals surface area (Å²) >= 11 is 0. The van der Waals surface area contributed by atoms with Crippen molar-refractivity contribution < 1.29 is 18.9 Å². The largest absolute Gasteiger partial charge is 0.610 e. The summed E-state index contributed by atoms with van der Waals surface area (Å²) in [5.41, 5.74) is 0. The lowest BCUT2D eigenvalue weighted by atomic mass is 9.49. The summed E-state index contributed by atoms with van der Waals surface area (Å²) in [5.74, 6) is 1.46. The van der Waals surface area contributed by atoms with E-state index in [1.807, 2.05) is 0 Å². The number of hydrogen-bond donors (Lipinski definition) is 0. The molecule has 0 atom stereocenters. The van der Waals surface area contributed by atoms with Crippen molar-refractivity contribution in [3.8, 4) is 0 Å². The van der Waals surface area contributed by atoms with Gasteiger partial charge in [0.05, 0.1) is 0 Å². The van der Waals surface area contributed by atoms with E-state index in [0.717, 1.165) is 5.82 Å². The van der Waals surface area contributed by atoms with E-state index in [1.165, 1.54) is 5.98 Å². The highest BCUT2D eigenvalue weighted by molar-refractivity contribution is 6.83. The molecule has 2 aliphatic rings. The van der Waals surface area contributed by atoms with Gasteiger partial charge < -0.3 is 9.31 Å². The predicted octanol–water partition coefficient (Wildman–Crippen LogP) is 0.161. The van der Waals surface area contributed by atoms with Crippen LogP contribution in [-0.2, 0) is 18.9 Å². The lowest BCUT2D eigenvalue weighted by Crippen LogP contribution is -2.37. The molecule has 2 fully saturated rings. The first-order valence-corrected chi connectivity index (χ1v) is 3.73. The molecule has 5 heteroatoms. The van der Waals surface area contributed by atoms with Crippen molar-refractivity contribution in [2.45, 2.75) is 12.8 Å². The molecule has 2 rings (SSSR count). The van der Waals surface area contributed by atoms with Crippen LogP contribution in [0, 0.1) is 5.82 Å². The van der Waals surface area contributed by atoms with E-state index in [1.54, 1.807) is 0 Å². The fourth-order valence-electron chi connectivity index (χ4n) is 1.65. The molecule has 2 saturated heterocycles. The van der Waals surface area contributed by atoms with E-state index in [4.69, 9.17) is 9.31 Å². The van der Waals surface area contributed by atoms with Gasteiger partial charge in [-0.2, -0.15) is 0 Å². The Morgan fingerprint density at radius 3 is 2.17 bits per heavy atom. The Balaban J connectivity index is 2.32. The molecular weight excluding hydrogens is 159 g/mol. The van der Waals surface area contributed by atoms with Gasteiger partial charge in [0.25, 0.3) is 0 Å². The van der Waals surface area contributed by atoms with Crippen molar-refractivity contribution in [1.82, 2.24) is 0 Å². The Morgan fingerprint density at radius 2 is 1.83 bits per heavy atom. The first kappa shape index (κ1) is 7.27. The summed E-state index contributed by atoms with van der Waals surface area (Å²) in [6.07, 6.45) is 0.384. The molecule has 0 radical (unpaired) electrons. The van der Waals surface area contributed by atoms with Gasteiger partial charge in [0.2, 0.25) is 0 Å². The summed E-state index contributed by atoms with van der Waals surface area (Å²) in [4.78, 5) is 21.7. The molecule has 0 aromatic rings. The van der Waals surface area contributed by atoms with Crippen molar-refractivity contribution in [1.29, 1.82) is 0 Å². The molecule has 4 nitrogen and oxygen atoms in total. The van der Waals surface area contributed by atoms with Gasteiger partial charge in [0.1, 0.15) is 12.8 Å². The third kappa shape index (κ3) is 0.761. The second kappa shape index (κ2) is 2.06. The molecule has 0 amide bonds. The molecule has 0 aromatic heterocycles. The van der Waals surface area contributed by atoms with E-state index in [2.05, 4.69) is 6.58 Å². The SMILES string of the molecule is C=C[B-]12OC(=O)C[C+]1CC(=O)O2. The standard InChI is InChI=1S/C7H7BO4/c1-2-8-5(3-6(9)11-8)4-7(10)12-8/h2H,1,3-4H2. The van der Waals surface area contributed by atoms with Gasteiger partial charge >= 0.3 is 18.5 Å². The third-order valence-corrected chi connectivity index (χ3v) is 2.24. The lowest BCUT2D eigenvalue weighted by Gasteiger charge is -2.19. The topological polar surface area (TPSA) is 52.6 Å². The van der Waals surface area contributed by atoms with Crippen LogP contribution in [-0.4, -0.2) is 18.5 Å². The highest BCUT2D eigenvalue weighted by Gasteiger charge is 2.62. The van der Waals surface area contributed by atoms with E-state index in [-0.39, 0.29) is 24.8 Å². The van der Waals surface area contributed by atoms with Gasteiger partial charge in [-0.1, -0.05) is 0 Å². The summed E-state index contributed by atoms with van der Waals surface area (Å²) in [5, 5.41) is 0. The second-order valence-corrected chi connectivity index (χ2v) is 3.00. The third-order valence-electron chi connectivity index (χ3n) is 2.24. The van der Waals surface area contributed by atoms with Crippen molar-refractivity contribution in [3.05, 3.63) is 18.4 Å². The maximum Gasteiger partial charge on any atom is 0.581 e. The molecule has 2 heterocycles. The molecule has 0 spiro atoms. The Labute approximate surface area is 69.5 Å². The summed E-state index contributed by atoms with van der Waals surface area (Å²) in [6.45, 7) is 1.60. The van der Waals surface area contributed by atoms with Crippen LogP contribution in [0.25, 0.3) is 0 Å². The zero-order valence-corrected chi connectivity index (χ0v) is 6.41. The summed E-state index contributed by atoms with van der Waals surface area (Å²) in [6, 6.07) is 0. The zero-order chi connectivity index (χ0) is 8.77. The van der Waals surface area contributed by atoms with Crippen molar-refractivity contribution in [2.75, 3.05) is 0 Å². The van der Waals surface area contributed by atoms with E-state index in [0.29, 0.717) is 0 Å². The molecular formula is C7H7BO4. The maximum atomic E-state index is 10.9. The fourth-order valence-corrected chi connectivity index (χ4v) is 1.65. The summed E-state index contributed by atoms with van der Waals surface area (Å²) < 4.78 is 9.84. The Kier molecular flexibility index (Phi) is 1.25. The first-order chi connectivity index (χ1) is 5.66. The average Bonchev–Trinajstić information content (AvgIpc) is 2.40. The van der Waals surface area contributed by atoms with Crippen molar-refractivity contribution in [2.24, 2.45) is 0 Å². The normalized spacial score (nSPS) is 24.8. The number of hydrogen-bond acceptors (Lipinski definition) is 4. The molecule has 0 unspecified atom stereocenters. The molecule has 2 aliphatic heterocycles. The molecule has 0 saturated carbocycles. The first-order valence-electron chi connectivity index (χ1n) is 3.73. The smallest absolute Gasteiger partial charge is 0.581 e. The van der Waals surface area contributed by atoms with Crippen molar-refractivity contribution in [3.63, 3.8) is 0 Å². The highest BCUT2D eigenvalue weighted by atomic mass is 16.7. The molecule has 0 aliphatic carbocycles. The van der Waals surface area contributed by atoms with Gasteiger partial charge in [-0.25, -0.2) is 0 Å². The van der Waals surface area contributed by atoms with Crippen LogP contribution in [0.4, 0.5) is 0 Å². The van der Waals surface area contributed by atoms with Crippen LogP contribution in [0.5, 0.6) is 0 Å². The quantitative estimate of drug-likeness (QED) is 0.411. The number of rotatable bonds is 1. The van der Waals surface area contributed by atoms with Crippen molar-refractivity contribution >= 4 is 18.5 Å². The average molecular weight is 166 g/mol. The second-order valence-electron chi connectivity index (χ2n) is 3.00. The number of fused-ring (bicyclic) bond motifs is 1. The Bertz CT molecular complexity index is 253. The van der Waals surface area contributed by atoms with E-state index >= 15 is 0 Å². The van der Waals surface area contributed by atoms with E-state index in [9.17, 15) is 9.59 Å². The molecule has 62 valence electrons. The van der Waals surface area contributed by atoms with Gasteiger partial charge in [-0.3, -0.25) is 9.59 Å². The maximum absolute atomic E-state index is 10.9. The lowest BCUT2D eigenvalue weighted by molar-refractivity contribution is -0.138. The fraction of sp³-hybridized carbons (Fsp3) is 0.286. The number of carbonyl (C=O) groups excluding carboxylic acids is 2. The van der Waals surface area contributed by atoms with Gasteiger partial charge in [0, 0.05) is 5.82 Å². The van der Waals surface area contributed by atoms with Gasteiger partial charge in [-0.15, -0.1) is 12.6 Å². The van der Waals surface area contributed by atoms with Crippen LogP contribution < -0.4 is 0 Å². The minimum atomic E-state index is -1.90. The van der Waals surface area contributed by atoms with E-state index < -0.39 is 6.55 Å². The zero-order valence-electron chi connectivity index (χ0n) is 6.41. The molecule has 12 heavy (non-hydrogen) atoms. The van der Waals surface area contributed by atoms with Crippen LogP contribution in [0.15, 0.2) is 12.6 Å². The van der Waals surface area contributed by atoms with Crippen LogP contribution in [0.1, 0.15) is 12.8 Å². The number of carbonyl (C=O) groups is 2.